The molecule has 0 aliphatic carbocycles. The molecule has 0 spiro atoms. The molecule has 1 aromatic heterocycles. The third-order valence-electron chi connectivity index (χ3n) is 3.97. The van der Waals surface area contributed by atoms with Gasteiger partial charge in [-0.3, -0.25) is 19.7 Å². The third kappa shape index (κ3) is 4.21. The largest absolute Gasteiger partial charge is 0.469 e. The quantitative estimate of drug-likeness (QED) is 0.563. The number of hydrogen-bond acceptors (Lipinski definition) is 7. The lowest BCUT2D eigenvalue weighted by Crippen LogP contribution is -2.31. The van der Waals surface area contributed by atoms with Crippen molar-refractivity contribution in [2.24, 2.45) is 0 Å². The molecule has 28 heavy (non-hydrogen) atoms. The van der Waals surface area contributed by atoms with Gasteiger partial charge in [0.2, 0.25) is 11.8 Å². The van der Waals surface area contributed by atoms with Crippen LogP contribution in [0.2, 0.25) is 0 Å². The summed E-state index contributed by atoms with van der Waals surface area (Å²) in [5.74, 6) is -0.957. The van der Waals surface area contributed by atoms with Crippen molar-refractivity contribution in [3.8, 4) is 6.07 Å². The smallest absolute Gasteiger partial charge is 0.292 e. The Morgan fingerprint density at radius 1 is 1.39 bits per heavy atom. The van der Waals surface area contributed by atoms with Crippen molar-refractivity contribution in [1.29, 1.82) is 5.26 Å². The molecule has 0 fully saturated rings. The number of nitrogens with one attached hydrogen (secondary N) is 2. The molecule has 0 bridgehead atoms. The summed E-state index contributed by atoms with van der Waals surface area (Å²) in [5, 5.41) is 25.9. The van der Waals surface area contributed by atoms with Crippen molar-refractivity contribution in [2.45, 2.75) is 12.3 Å². The van der Waals surface area contributed by atoms with Crippen LogP contribution in [0.4, 0.5) is 11.4 Å². The fourth-order valence-electron chi connectivity index (χ4n) is 2.73. The first-order valence-electron chi connectivity index (χ1n) is 8.13. The van der Waals surface area contributed by atoms with Crippen LogP contribution in [-0.2, 0) is 9.59 Å². The maximum absolute atomic E-state index is 12.2. The molecule has 1 atom stereocenters. The van der Waals surface area contributed by atoms with Crippen molar-refractivity contribution in [3.63, 3.8) is 0 Å². The fraction of sp³-hybridized carbons (Fsp3) is 0.167. The van der Waals surface area contributed by atoms with Crippen LogP contribution < -0.4 is 10.6 Å². The van der Waals surface area contributed by atoms with E-state index in [4.69, 9.17) is 4.42 Å². The summed E-state index contributed by atoms with van der Waals surface area (Å²) in [7, 11) is 0. The van der Waals surface area contributed by atoms with Crippen LogP contribution in [0.3, 0.4) is 0 Å². The zero-order valence-corrected chi connectivity index (χ0v) is 15.2. The van der Waals surface area contributed by atoms with Gasteiger partial charge in [-0.1, -0.05) is 23.9 Å². The van der Waals surface area contributed by atoms with Gasteiger partial charge in [-0.25, -0.2) is 0 Å². The highest BCUT2D eigenvalue weighted by Crippen LogP contribution is 2.36. The zero-order chi connectivity index (χ0) is 20.1. The Hall–Kier alpha value is -3.58. The number of benzene rings is 1. The van der Waals surface area contributed by atoms with Crippen LogP contribution in [0.5, 0.6) is 0 Å². The molecule has 0 radical (unpaired) electrons. The highest BCUT2D eigenvalue weighted by molar-refractivity contribution is 8.03. The molecule has 10 heteroatoms. The monoisotopic (exact) mass is 398 g/mol. The van der Waals surface area contributed by atoms with E-state index in [2.05, 4.69) is 16.7 Å². The maximum Gasteiger partial charge on any atom is 0.292 e. The molecule has 2 heterocycles. The van der Waals surface area contributed by atoms with Gasteiger partial charge in [0.05, 0.1) is 39.5 Å². The van der Waals surface area contributed by atoms with E-state index in [1.165, 1.54) is 24.5 Å². The Kier molecular flexibility index (Phi) is 5.76. The topological polar surface area (TPSA) is 138 Å². The number of carbonyl (C=O) groups excluding carboxylic acids is 2. The van der Waals surface area contributed by atoms with Gasteiger partial charge in [-0.15, -0.1) is 0 Å². The summed E-state index contributed by atoms with van der Waals surface area (Å²) in [6, 6.07) is 11.2. The first-order valence-corrected chi connectivity index (χ1v) is 9.11. The number of allylic oxidation sites excluding steroid dienone is 1. The van der Waals surface area contributed by atoms with Crippen LogP contribution in [0.1, 0.15) is 18.1 Å². The molecule has 0 saturated carbocycles. The summed E-state index contributed by atoms with van der Waals surface area (Å²) in [6.07, 6.45) is 1.53. The molecule has 3 rings (SSSR count). The Bertz CT molecular complexity index is 994. The van der Waals surface area contributed by atoms with Gasteiger partial charge in [0.25, 0.3) is 5.69 Å². The minimum absolute atomic E-state index is 0.0723. The number of furan rings is 1. The van der Waals surface area contributed by atoms with Gasteiger partial charge in [0.15, 0.2) is 0 Å². The van der Waals surface area contributed by atoms with E-state index in [-0.39, 0.29) is 34.5 Å². The van der Waals surface area contributed by atoms with Crippen LogP contribution >= 0.6 is 11.8 Å². The molecule has 1 aromatic carbocycles. The molecule has 1 aliphatic heterocycles. The highest BCUT2D eigenvalue weighted by Gasteiger charge is 2.31. The van der Waals surface area contributed by atoms with Gasteiger partial charge in [-0.2, -0.15) is 5.26 Å². The van der Waals surface area contributed by atoms with Crippen molar-refractivity contribution >= 4 is 35.0 Å². The molecule has 0 saturated heterocycles. The lowest BCUT2D eigenvalue weighted by molar-refractivity contribution is -0.383. The summed E-state index contributed by atoms with van der Waals surface area (Å²) in [5.41, 5.74) is 0.161. The second kappa shape index (κ2) is 8.41. The molecule has 9 nitrogen and oxygen atoms in total. The predicted molar refractivity (Wildman–Crippen MR) is 101 cm³/mol. The Labute approximate surface area is 163 Å². The number of carbonyl (C=O) groups is 2. The zero-order valence-electron chi connectivity index (χ0n) is 14.4. The average Bonchev–Trinajstić information content (AvgIpc) is 3.20. The summed E-state index contributed by atoms with van der Waals surface area (Å²) >= 11 is 0.978. The molecule has 0 unspecified atom stereocenters. The number of para-hydroxylation sites is 2. The van der Waals surface area contributed by atoms with Gasteiger partial charge >= 0.3 is 0 Å². The summed E-state index contributed by atoms with van der Waals surface area (Å²) in [4.78, 5) is 34.7. The van der Waals surface area contributed by atoms with Crippen molar-refractivity contribution in [3.05, 3.63) is 69.1 Å². The summed E-state index contributed by atoms with van der Waals surface area (Å²) < 4.78 is 5.32. The Morgan fingerprint density at radius 3 is 2.86 bits per heavy atom. The average molecular weight is 398 g/mol. The van der Waals surface area contributed by atoms with Gasteiger partial charge in [0, 0.05) is 12.5 Å². The second-order valence-electron chi connectivity index (χ2n) is 5.79. The van der Waals surface area contributed by atoms with E-state index < -0.39 is 16.7 Å². The van der Waals surface area contributed by atoms with E-state index in [0.717, 1.165) is 11.8 Å². The second-order valence-corrected chi connectivity index (χ2v) is 6.77. The van der Waals surface area contributed by atoms with Gasteiger partial charge in [-0.05, 0) is 18.2 Å². The molecule has 2 aromatic rings. The number of thioether (sulfide) groups is 1. The Balaban J connectivity index is 1.74. The number of hydrogen-bond donors (Lipinski definition) is 2. The first-order chi connectivity index (χ1) is 13.5. The maximum atomic E-state index is 12.2. The van der Waals surface area contributed by atoms with E-state index in [0.29, 0.717) is 11.3 Å². The van der Waals surface area contributed by atoms with Crippen LogP contribution in [0, 0.1) is 21.4 Å². The van der Waals surface area contributed by atoms with Gasteiger partial charge < -0.3 is 15.1 Å². The lowest BCUT2D eigenvalue weighted by Gasteiger charge is -2.23. The van der Waals surface area contributed by atoms with E-state index >= 15 is 0 Å². The normalized spacial score (nSPS) is 16.2. The fourth-order valence-corrected chi connectivity index (χ4v) is 3.61. The molecule has 2 N–H and O–H groups in total. The molecular formula is C18H14N4O5S. The molecule has 1 aliphatic rings. The van der Waals surface area contributed by atoms with E-state index in [9.17, 15) is 25.0 Å². The Morgan fingerprint density at radius 2 is 2.18 bits per heavy atom. The predicted octanol–water partition coefficient (Wildman–Crippen LogP) is 2.90. The van der Waals surface area contributed by atoms with Crippen molar-refractivity contribution in [2.75, 3.05) is 11.1 Å². The number of rotatable bonds is 6. The third-order valence-corrected chi connectivity index (χ3v) is 4.98. The number of nitriles is 1. The summed E-state index contributed by atoms with van der Waals surface area (Å²) in [6.45, 7) is 0. The minimum atomic E-state index is -0.589. The van der Waals surface area contributed by atoms with Crippen LogP contribution in [0.25, 0.3) is 0 Å². The molecule has 142 valence electrons. The number of anilines is 1. The molecule has 2 amide bonds. The molecular weight excluding hydrogens is 384 g/mol. The lowest BCUT2D eigenvalue weighted by atomic mass is 9.92. The minimum Gasteiger partial charge on any atom is -0.469 e. The number of nitro benzene ring substituents is 1. The SMILES string of the molecule is N#CC1=C(SCC(=O)Nc2ccccc2[N+](=O)[O-])NC(=O)C[C@@H]1c1ccco1. The highest BCUT2D eigenvalue weighted by atomic mass is 32.2. The number of amides is 2. The van der Waals surface area contributed by atoms with E-state index in [1.54, 1.807) is 18.2 Å². The van der Waals surface area contributed by atoms with Crippen molar-refractivity contribution in [1.82, 2.24) is 5.32 Å². The number of nitrogens with zero attached hydrogens (tertiary/aromatic N) is 2. The van der Waals surface area contributed by atoms with Crippen LogP contribution in [0.15, 0.2) is 57.7 Å². The van der Waals surface area contributed by atoms with Crippen LogP contribution in [-0.4, -0.2) is 22.5 Å². The van der Waals surface area contributed by atoms with Crippen molar-refractivity contribution < 1.29 is 18.9 Å². The van der Waals surface area contributed by atoms with E-state index in [1.807, 2.05) is 0 Å². The number of nitro groups is 1. The first kappa shape index (κ1) is 19.2. The standard InChI is InChI=1S/C18H14N4O5S/c19-9-12-11(15-6-3-7-27-15)8-16(23)21-18(12)28-10-17(24)20-13-4-1-2-5-14(13)22(25)26/h1-7,11H,8,10H2,(H,20,24)(H,21,23)/t11-/m0/s1. The van der Waals surface area contributed by atoms with Gasteiger partial charge in [0.1, 0.15) is 11.4 Å².